The Bertz CT molecular complexity index is 481. The van der Waals surface area contributed by atoms with E-state index < -0.39 is 5.97 Å². The van der Waals surface area contributed by atoms with Crippen LogP contribution in [0.4, 0.5) is 0 Å². The van der Waals surface area contributed by atoms with E-state index in [1.165, 1.54) is 5.56 Å². The number of hydrogen-bond acceptors (Lipinski definition) is 4. The highest BCUT2D eigenvalue weighted by Gasteiger charge is 2.27. The predicted molar refractivity (Wildman–Crippen MR) is 81.2 cm³/mol. The molecule has 0 amide bonds. The first kappa shape index (κ1) is 17.2. The Kier molecular flexibility index (Phi) is 5.53. The van der Waals surface area contributed by atoms with E-state index in [9.17, 15) is 9.59 Å². The molecule has 4 nitrogen and oxygen atoms in total. The van der Waals surface area contributed by atoms with Crippen molar-refractivity contribution in [3.05, 3.63) is 29.8 Å². The van der Waals surface area contributed by atoms with E-state index >= 15 is 0 Å². The molecule has 0 heterocycles. The van der Waals surface area contributed by atoms with E-state index in [1.807, 2.05) is 24.3 Å². The third kappa shape index (κ3) is 5.98. The molecule has 0 aliphatic carbocycles. The van der Waals surface area contributed by atoms with Crippen molar-refractivity contribution in [2.45, 2.75) is 46.5 Å². The van der Waals surface area contributed by atoms with Crippen molar-refractivity contribution >= 4 is 12.4 Å². The van der Waals surface area contributed by atoms with Crippen molar-refractivity contribution in [2.24, 2.45) is 5.41 Å². The molecule has 0 N–H and O–H groups in total. The molecule has 0 atom stereocenters. The zero-order valence-corrected chi connectivity index (χ0v) is 13.4. The second-order valence-corrected chi connectivity index (χ2v) is 7.02. The van der Waals surface area contributed by atoms with Crippen LogP contribution in [0.2, 0.25) is 0 Å². The van der Waals surface area contributed by atoms with Gasteiger partial charge in [-0.25, -0.2) is 4.79 Å². The molecule has 0 aromatic heterocycles. The van der Waals surface area contributed by atoms with Crippen molar-refractivity contribution in [3.8, 4) is 5.75 Å². The first-order chi connectivity index (χ1) is 9.64. The second kappa shape index (κ2) is 6.74. The smallest absolute Gasteiger partial charge is 0.351 e. The Morgan fingerprint density at radius 2 is 1.67 bits per heavy atom. The van der Waals surface area contributed by atoms with E-state index in [1.54, 1.807) is 0 Å². The monoisotopic (exact) mass is 292 g/mol. The molecule has 0 radical (unpaired) electrons. The fourth-order valence-electron chi connectivity index (χ4n) is 2.66. The van der Waals surface area contributed by atoms with Gasteiger partial charge in [-0.2, -0.15) is 0 Å². The summed E-state index contributed by atoms with van der Waals surface area (Å²) >= 11 is 0. The molecule has 0 aliphatic rings. The normalized spacial score (nSPS) is 11.9. The molecule has 116 valence electrons. The van der Waals surface area contributed by atoms with E-state index in [4.69, 9.17) is 4.74 Å². The fraction of sp³-hybridized carbons (Fsp3) is 0.529. The largest absolute Gasteiger partial charge is 0.482 e. The van der Waals surface area contributed by atoms with Crippen LogP contribution in [0.25, 0.3) is 0 Å². The Morgan fingerprint density at radius 1 is 1.10 bits per heavy atom. The number of carbonyl (C=O) groups excluding carboxylic acids is 2. The summed E-state index contributed by atoms with van der Waals surface area (Å²) in [6.07, 6.45) is 1.06. The summed E-state index contributed by atoms with van der Waals surface area (Å²) in [6, 6.07) is 7.67. The number of ether oxygens (including phenoxy) is 2. The van der Waals surface area contributed by atoms with Crippen LogP contribution in [0.15, 0.2) is 24.3 Å². The Balaban J connectivity index is 2.69. The maximum Gasteiger partial charge on any atom is 0.351 e. The topological polar surface area (TPSA) is 52.6 Å². The molecule has 0 saturated heterocycles. The number of esters is 1. The lowest BCUT2D eigenvalue weighted by Crippen LogP contribution is -2.24. The van der Waals surface area contributed by atoms with E-state index in [2.05, 4.69) is 39.4 Å². The van der Waals surface area contributed by atoms with Gasteiger partial charge in [-0.05, 0) is 34.9 Å². The molecule has 0 fully saturated rings. The average molecular weight is 292 g/mol. The van der Waals surface area contributed by atoms with E-state index in [-0.39, 0.29) is 23.9 Å². The van der Waals surface area contributed by atoms with Crippen LogP contribution in [0.1, 0.15) is 46.6 Å². The molecule has 0 aliphatic heterocycles. The van der Waals surface area contributed by atoms with Gasteiger partial charge >= 0.3 is 12.4 Å². The molecule has 0 unspecified atom stereocenters. The van der Waals surface area contributed by atoms with Crippen molar-refractivity contribution in [2.75, 3.05) is 6.61 Å². The third-order valence-electron chi connectivity index (χ3n) is 3.14. The van der Waals surface area contributed by atoms with Gasteiger partial charge in [0.2, 0.25) is 0 Å². The van der Waals surface area contributed by atoms with Crippen molar-refractivity contribution in [1.82, 2.24) is 0 Å². The Hall–Kier alpha value is -1.84. The predicted octanol–water partition coefficient (Wildman–Crippen LogP) is 3.48. The lowest BCUT2D eigenvalue weighted by molar-refractivity contribution is -0.153. The van der Waals surface area contributed by atoms with Crippen molar-refractivity contribution in [3.63, 3.8) is 0 Å². The maximum atomic E-state index is 11.0. The number of hydrogen-bond donors (Lipinski definition) is 0. The summed E-state index contributed by atoms with van der Waals surface area (Å²) in [4.78, 5) is 21.0. The molecule has 4 heteroatoms. The lowest BCUT2D eigenvalue weighted by Gasteiger charge is -2.33. The molecular formula is C17H24O4. The number of benzene rings is 1. The SMILES string of the molecule is CC(C)(C)CC(C)(C)c1ccc(OCC(=O)OC=O)cc1. The molecule has 0 saturated carbocycles. The van der Waals surface area contributed by atoms with Gasteiger partial charge in [0.25, 0.3) is 0 Å². The molecular weight excluding hydrogens is 268 g/mol. The van der Waals surface area contributed by atoms with Crippen molar-refractivity contribution in [1.29, 1.82) is 0 Å². The van der Waals surface area contributed by atoms with Gasteiger partial charge < -0.3 is 9.47 Å². The zero-order chi connectivity index (χ0) is 16.1. The Labute approximate surface area is 126 Å². The molecule has 1 aromatic carbocycles. The quantitative estimate of drug-likeness (QED) is 0.457. The standard InChI is InChI=1S/C17H24O4/c1-16(2,3)11-17(4,5)13-6-8-14(9-7-13)20-10-15(19)21-12-18/h6-9,12H,10-11H2,1-5H3. The van der Waals surface area contributed by atoms with Gasteiger partial charge in [0.05, 0.1) is 0 Å². The van der Waals surface area contributed by atoms with Gasteiger partial charge in [0.1, 0.15) is 5.75 Å². The maximum absolute atomic E-state index is 11.0. The summed E-state index contributed by atoms with van der Waals surface area (Å²) in [5, 5.41) is 0. The van der Waals surface area contributed by atoms with Crippen LogP contribution in [0, 0.1) is 5.41 Å². The van der Waals surface area contributed by atoms with Crippen LogP contribution in [0.5, 0.6) is 5.75 Å². The van der Waals surface area contributed by atoms with E-state index in [0.717, 1.165) is 6.42 Å². The first-order valence-corrected chi connectivity index (χ1v) is 7.00. The van der Waals surface area contributed by atoms with Crippen molar-refractivity contribution < 1.29 is 19.1 Å². The molecule has 1 aromatic rings. The van der Waals surface area contributed by atoms with Crippen LogP contribution in [-0.4, -0.2) is 19.0 Å². The highest BCUT2D eigenvalue weighted by molar-refractivity contribution is 5.77. The highest BCUT2D eigenvalue weighted by atomic mass is 16.6. The minimum Gasteiger partial charge on any atom is -0.482 e. The number of rotatable bonds is 6. The molecule has 1 rings (SSSR count). The Morgan fingerprint density at radius 3 is 2.14 bits per heavy atom. The van der Waals surface area contributed by atoms with Crippen LogP contribution in [-0.2, 0) is 19.7 Å². The van der Waals surface area contributed by atoms with Gasteiger partial charge in [-0.1, -0.05) is 46.8 Å². The third-order valence-corrected chi connectivity index (χ3v) is 3.14. The van der Waals surface area contributed by atoms with Gasteiger partial charge in [0, 0.05) is 0 Å². The molecule has 21 heavy (non-hydrogen) atoms. The number of carbonyl (C=O) groups is 2. The molecule has 0 bridgehead atoms. The van der Waals surface area contributed by atoms with Crippen LogP contribution in [0.3, 0.4) is 0 Å². The first-order valence-electron chi connectivity index (χ1n) is 7.00. The van der Waals surface area contributed by atoms with Crippen LogP contribution >= 0.6 is 0 Å². The minimum absolute atomic E-state index is 0.0627. The summed E-state index contributed by atoms with van der Waals surface area (Å²) in [7, 11) is 0. The van der Waals surface area contributed by atoms with Crippen LogP contribution < -0.4 is 4.74 Å². The fourth-order valence-corrected chi connectivity index (χ4v) is 2.66. The second-order valence-electron chi connectivity index (χ2n) is 7.02. The van der Waals surface area contributed by atoms with Gasteiger partial charge in [-0.3, -0.25) is 4.79 Å². The zero-order valence-electron chi connectivity index (χ0n) is 13.4. The summed E-state index contributed by atoms with van der Waals surface area (Å²) in [6.45, 7) is 10.9. The lowest BCUT2D eigenvalue weighted by atomic mass is 9.72. The minimum atomic E-state index is -0.706. The summed E-state index contributed by atoms with van der Waals surface area (Å²) in [5.74, 6) is -0.129. The van der Waals surface area contributed by atoms with Gasteiger partial charge in [-0.15, -0.1) is 0 Å². The summed E-state index contributed by atoms with van der Waals surface area (Å²) in [5.41, 5.74) is 1.53. The van der Waals surface area contributed by atoms with E-state index in [0.29, 0.717) is 5.75 Å². The molecule has 0 spiro atoms. The highest BCUT2D eigenvalue weighted by Crippen LogP contribution is 2.36. The van der Waals surface area contributed by atoms with Gasteiger partial charge in [0.15, 0.2) is 6.61 Å². The average Bonchev–Trinajstić information content (AvgIpc) is 2.34. The summed E-state index contributed by atoms with van der Waals surface area (Å²) < 4.78 is 9.41.